The lowest BCUT2D eigenvalue weighted by Crippen LogP contribution is -2.48. The Labute approximate surface area is 109 Å². The Balaban J connectivity index is 2.11. The molecule has 2 unspecified atom stereocenters. The summed E-state index contributed by atoms with van der Waals surface area (Å²) in [5.41, 5.74) is -0.206. The summed E-state index contributed by atoms with van der Waals surface area (Å²) >= 11 is 0. The van der Waals surface area contributed by atoms with Crippen molar-refractivity contribution in [3.05, 3.63) is 35.1 Å². The SMILES string of the molecule is CC1CNCCC1NC(=O)c1cc(F)c(F)c(F)c1. The Bertz CT molecular complexity index is 470. The molecule has 1 amide bonds. The fourth-order valence-corrected chi connectivity index (χ4v) is 2.17. The van der Waals surface area contributed by atoms with Crippen LogP contribution in [0.4, 0.5) is 13.2 Å². The molecule has 19 heavy (non-hydrogen) atoms. The number of nitrogens with one attached hydrogen (secondary N) is 2. The average Bonchev–Trinajstić information content (AvgIpc) is 2.38. The molecule has 3 nitrogen and oxygen atoms in total. The number of carbonyl (C=O) groups is 1. The van der Waals surface area contributed by atoms with Crippen molar-refractivity contribution in [2.24, 2.45) is 5.92 Å². The molecule has 0 spiro atoms. The van der Waals surface area contributed by atoms with Gasteiger partial charge in [-0.05, 0) is 37.6 Å². The summed E-state index contributed by atoms with van der Waals surface area (Å²) in [6, 6.07) is 1.36. The van der Waals surface area contributed by atoms with Crippen LogP contribution in [0.5, 0.6) is 0 Å². The smallest absolute Gasteiger partial charge is 0.251 e. The van der Waals surface area contributed by atoms with Gasteiger partial charge in [0.25, 0.3) is 5.91 Å². The van der Waals surface area contributed by atoms with Gasteiger partial charge in [0.2, 0.25) is 0 Å². The summed E-state index contributed by atoms with van der Waals surface area (Å²) in [6.07, 6.45) is 0.749. The second kappa shape index (κ2) is 5.61. The third kappa shape index (κ3) is 3.07. The van der Waals surface area contributed by atoms with Crippen LogP contribution in [0.3, 0.4) is 0 Å². The van der Waals surface area contributed by atoms with Crippen molar-refractivity contribution < 1.29 is 18.0 Å². The summed E-state index contributed by atoms with van der Waals surface area (Å²) < 4.78 is 38.9. The number of benzene rings is 1. The number of hydrogen-bond acceptors (Lipinski definition) is 2. The largest absolute Gasteiger partial charge is 0.349 e. The van der Waals surface area contributed by atoms with E-state index in [-0.39, 0.29) is 17.5 Å². The molecule has 1 saturated heterocycles. The summed E-state index contributed by atoms with van der Waals surface area (Å²) in [6.45, 7) is 3.53. The zero-order chi connectivity index (χ0) is 14.0. The van der Waals surface area contributed by atoms with Gasteiger partial charge in [-0.15, -0.1) is 0 Å². The lowest BCUT2D eigenvalue weighted by molar-refractivity contribution is 0.0913. The highest BCUT2D eigenvalue weighted by molar-refractivity contribution is 5.94. The van der Waals surface area contributed by atoms with Gasteiger partial charge in [-0.2, -0.15) is 0 Å². The van der Waals surface area contributed by atoms with Gasteiger partial charge < -0.3 is 10.6 Å². The molecular weight excluding hydrogens is 257 g/mol. The maximum absolute atomic E-state index is 13.1. The summed E-state index contributed by atoms with van der Waals surface area (Å²) in [4.78, 5) is 11.9. The number of rotatable bonds is 2. The molecular formula is C13H15F3N2O. The van der Waals surface area contributed by atoms with Crippen LogP contribution in [0.1, 0.15) is 23.7 Å². The zero-order valence-electron chi connectivity index (χ0n) is 10.5. The molecule has 1 fully saturated rings. The summed E-state index contributed by atoms with van der Waals surface area (Å²) in [7, 11) is 0. The first-order chi connectivity index (χ1) is 8.99. The Morgan fingerprint density at radius 2 is 1.95 bits per heavy atom. The highest BCUT2D eigenvalue weighted by Gasteiger charge is 2.24. The standard InChI is InChI=1S/C13H15F3N2O/c1-7-6-17-3-2-11(7)18-13(19)8-4-9(14)12(16)10(15)5-8/h4-5,7,11,17H,2-3,6H2,1H3,(H,18,19). The van der Waals surface area contributed by atoms with E-state index in [0.29, 0.717) is 12.1 Å². The fraction of sp³-hybridized carbons (Fsp3) is 0.462. The fourth-order valence-electron chi connectivity index (χ4n) is 2.17. The molecule has 1 heterocycles. The minimum atomic E-state index is -1.56. The first-order valence-corrected chi connectivity index (χ1v) is 6.15. The molecule has 0 aliphatic carbocycles. The van der Waals surface area contributed by atoms with Gasteiger partial charge in [0.05, 0.1) is 0 Å². The molecule has 2 N–H and O–H groups in total. The van der Waals surface area contributed by atoms with Crippen molar-refractivity contribution in [1.29, 1.82) is 0 Å². The Morgan fingerprint density at radius 1 is 1.32 bits per heavy atom. The average molecular weight is 272 g/mol. The first-order valence-electron chi connectivity index (χ1n) is 6.15. The second-order valence-electron chi connectivity index (χ2n) is 4.80. The number of carbonyl (C=O) groups excluding carboxylic acids is 1. The third-order valence-electron chi connectivity index (χ3n) is 3.35. The number of hydrogen-bond donors (Lipinski definition) is 2. The topological polar surface area (TPSA) is 41.1 Å². The van der Waals surface area contributed by atoms with Gasteiger partial charge in [-0.3, -0.25) is 4.79 Å². The molecule has 104 valence electrons. The van der Waals surface area contributed by atoms with Crippen LogP contribution in [-0.2, 0) is 0 Å². The summed E-state index contributed by atoms with van der Waals surface area (Å²) in [5, 5.41) is 5.91. The maximum Gasteiger partial charge on any atom is 0.251 e. The maximum atomic E-state index is 13.1. The van der Waals surface area contributed by atoms with Crippen LogP contribution in [-0.4, -0.2) is 25.0 Å². The minimum Gasteiger partial charge on any atom is -0.349 e. The van der Waals surface area contributed by atoms with E-state index in [0.717, 1.165) is 19.5 Å². The monoisotopic (exact) mass is 272 g/mol. The van der Waals surface area contributed by atoms with Crippen LogP contribution in [0.2, 0.25) is 0 Å². The van der Waals surface area contributed by atoms with Crippen molar-refractivity contribution in [2.45, 2.75) is 19.4 Å². The number of piperidine rings is 1. The van der Waals surface area contributed by atoms with Crippen molar-refractivity contribution in [3.8, 4) is 0 Å². The van der Waals surface area contributed by atoms with Crippen LogP contribution in [0, 0.1) is 23.4 Å². The molecule has 6 heteroatoms. The third-order valence-corrected chi connectivity index (χ3v) is 3.35. The van der Waals surface area contributed by atoms with Crippen LogP contribution in [0.25, 0.3) is 0 Å². The van der Waals surface area contributed by atoms with Gasteiger partial charge in [0, 0.05) is 11.6 Å². The first kappa shape index (κ1) is 13.9. The molecule has 1 aromatic carbocycles. The van der Waals surface area contributed by atoms with Crippen molar-refractivity contribution >= 4 is 5.91 Å². The van der Waals surface area contributed by atoms with Gasteiger partial charge in [0.1, 0.15) is 0 Å². The molecule has 1 aliphatic rings. The van der Waals surface area contributed by atoms with E-state index in [1.807, 2.05) is 6.92 Å². The number of halogens is 3. The molecule has 1 aromatic rings. The van der Waals surface area contributed by atoms with Gasteiger partial charge >= 0.3 is 0 Å². The highest BCUT2D eigenvalue weighted by atomic mass is 19.2. The van der Waals surface area contributed by atoms with Crippen LogP contribution < -0.4 is 10.6 Å². The Hall–Kier alpha value is -1.56. The molecule has 0 bridgehead atoms. The van der Waals surface area contributed by atoms with E-state index in [1.165, 1.54) is 0 Å². The molecule has 0 aromatic heterocycles. The molecule has 0 saturated carbocycles. The molecule has 0 radical (unpaired) electrons. The van der Waals surface area contributed by atoms with Gasteiger partial charge in [-0.1, -0.05) is 6.92 Å². The van der Waals surface area contributed by atoms with E-state index in [2.05, 4.69) is 10.6 Å². The van der Waals surface area contributed by atoms with E-state index in [4.69, 9.17) is 0 Å². The highest BCUT2D eigenvalue weighted by Crippen LogP contribution is 2.15. The van der Waals surface area contributed by atoms with Crippen molar-refractivity contribution in [1.82, 2.24) is 10.6 Å². The molecule has 2 atom stereocenters. The number of amides is 1. The van der Waals surface area contributed by atoms with E-state index >= 15 is 0 Å². The van der Waals surface area contributed by atoms with Crippen molar-refractivity contribution in [3.63, 3.8) is 0 Å². The van der Waals surface area contributed by atoms with E-state index in [9.17, 15) is 18.0 Å². The lowest BCUT2D eigenvalue weighted by atomic mass is 9.95. The molecule has 1 aliphatic heterocycles. The minimum absolute atomic E-state index is 0.0510. The lowest BCUT2D eigenvalue weighted by Gasteiger charge is -2.30. The second-order valence-corrected chi connectivity index (χ2v) is 4.80. The van der Waals surface area contributed by atoms with E-state index in [1.54, 1.807) is 0 Å². The van der Waals surface area contributed by atoms with Crippen molar-refractivity contribution in [2.75, 3.05) is 13.1 Å². The van der Waals surface area contributed by atoms with Crippen LogP contribution in [0.15, 0.2) is 12.1 Å². The van der Waals surface area contributed by atoms with E-state index < -0.39 is 23.4 Å². The Kier molecular flexibility index (Phi) is 4.09. The van der Waals surface area contributed by atoms with Gasteiger partial charge in [-0.25, -0.2) is 13.2 Å². The zero-order valence-corrected chi connectivity index (χ0v) is 10.5. The normalized spacial score (nSPS) is 23.2. The molecule has 2 rings (SSSR count). The predicted molar refractivity (Wildman–Crippen MR) is 64.2 cm³/mol. The quantitative estimate of drug-likeness (QED) is 0.806. The van der Waals surface area contributed by atoms with Gasteiger partial charge in [0.15, 0.2) is 17.5 Å². The predicted octanol–water partition coefficient (Wildman–Crippen LogP) is 1.83. The van der Waals surface area contributed by atoms with Crippen LogP contribution >= 0.6 is 0 Å². The summed E-state index contributed by atoms with van der Waals surface area (Å²) in [5.74, 6) is -4.64. The Morgan fingerprint density at radius 3 is 2.53 bits per heavy atom.